The summed E-state index contributed by atoms with van der Waals surface area (Å²) in [5, 5.41) is 0. The fraction of sp³-hybridized carbons (Fsp3) is 0.182. The second-order valence-electron chi connectivity index (χ2n) is 3.27. The van der Waals surface area contributed by atoms with Gasteiger partial charge >= 0.3 is 6.01 Å². The third-order valence-electron chi connectivity index (χ3n) is 2.14. The standard InChI is InChI=1S/C11H12BrN3O/c1-2-15-7-10(13)14-11(15)16-9-6-4-3-5-8(9)12/h3-7H,2,13H2,1H3. The van der Waals surface area contributed by atoms with Crippen LogP contribution in [0, 0.1) is 0 Å². The number of rotatable bonds is 3. The van der Waals surface area contributed by atoms with Crippen LogP contribution in [0.15, 0.2) is 34.9 Å². The summed E-state index contributed by atoms with van der Waals surface area (Å²) in [7, 11) is 0. The van der Waals surface area contributed by atoms with Crippen LogP contribution in [0.3, 0.4) is 0 Å². The molecule has 1 aromatic heterocycles. The minimum absolute atomic E-state index is 0.462. The van der Waals surface area contributed by atoms with Crippen LogP contribution in [0.1, 0.15) is 6.92 Å². The molecule has 0 aliphatic carbocycles. The van der Waals surface area contributed by atoms with Crippen molar-refractivity contribution in [3.63, 3.8) is 0 Å². The molecule has 84 valence electrons. The molecule has 1 aromatic carbocycles. The van der Waals surface area contributed by atoms with E-state index in [0.717, 1.165) is 16.8 Å². The van der Waals surface area contributed by atoms with Gasteiger partial charge < -0.3 is 10.5 Å². The van der Waals surface area contributed by atoms with Gasteiger partial charge in [-0.1, -0.05) is 12.1 Å². The number of imidazole rings is 1. The summed E-state index contributed by atoms with van der Waals surface area (Å²) in [6.45, 7) is 2.78. The van der Waals surface area contributed by atoms with Crippen LogP contribution in [-0.2, 0) is 6.54 Å². The minimum Gasteiger partial charge on any atom is -0.424 e. The first kappa shape index (κ1) is 11.0. The van der Waals surface area contributed by atoms with Crippen molar-refractivity contribution >= 4 is 21.7 Å². The van der Waals surface area contributed by atoms with E-state index >= 15 is 0 Å². The lowest BCUT2D eigenvalue weighted by Crippen LogP contribution is -1.97. The van der Waals surface area contributed by atoms with Gasteiger partial charge in [-0.05, 0) is 35.0 Å². The normalized spacial score (nSPS) is 10.4. The molecule has 0 saturated carbocycles. The Labute approximate surface area is 102 Å². The summed E-state index contributed by atoms with van der Waals surface area (Å²) in [6, 6.07) is 8.12. The molecular weight excluding hydrogens is 270 g/mol. The maximum atomic E-state index is 5.68. The number of benzene rings is 1. The summed E-state index contributed by atoms with van der Waals surface area (Å²) in [4.78, 5) is 4.12. The number of para-hydroxylation sites is 1. The molecule has 0 radical (unpaired) electrons. The maximum Gasteiger partial charge on any atom is 0.303 e. The predicted molar refractivity (Wildman–Crippen MR) is 66.5 cm³/mol. The van der Waals surface area contributed by atoms with E-state index in [2.05, 4.69) is 20.9 Å². The Balaban J connectivity index is 2.30. The lowest BCUT2D eigenvalue weighted by molar-refractivity contribution is 0.413. The molecule has 0 saturated heterocycles. The lowest BCUT2D eigenvalue weighted by Gasteiger charge is -2.07. The molecule has 5 heteroatoms. The van der Waals surface area contributed by atoms with Crippen molar-refractivity contribution in [1.29, 1.82) is 0 Å². The van der Waals surface area contributed by atoms with E-state index in [1.54, 1.807) is 6.20 Å². The van der Waals surface area contributed by atoms with E-state index in [-0.39, 0.29) is 0 Å². The molecule has 0 aliphatic heterocycles. The smallest absolute Gasteiger partial charge is 0.303 e. The maximum absolute atomic E-state index is 5.68. The van der Waals surface area contributed by atoms with Gasteiger partial charge in [0.2, 0.25) is 0 Å². The molecular formula is C11H12BrN3O. The molecule has 2 rings (SSSR count). The highest BCUT2D eigenvalue weighted by atomic mass is 79.9. The predicted octanol–water partition coefficient (Wildman–Crippen LogP) is 3.04. The van der Waals surface area contributed by atoms with Crippen molar-refractivity contribution in [3.8, 4) is 11.8 Å². The highest BCUT2D eigenvalue weighted by Gasteiger charge is 2.08. The molecule has 0 fully saturated rings. The highest BCUT2D eigenvalue weighted by molar-refractivity contribution is 9.10. The molecule has 0 atom stereocenters. The van der Waals surface area contributed by atoms with Gasteiger partial charge in [0.25, 0.3) is 0 Å². The average molecular weight is 282 g/mol. The Morgan fingerprint density at radius 1 is 1.44 bits per heavy atom. The molecule has 16 heavy (non-hydrogen) atoms. The topological polar surface area (TPSA) is 53.1 Å². The van der Waals surface area contributed by atoms with E-state index in [0.29, 0.717) is 11.8 Å². The molecule has 2 aromatic rings. The number of nitrogens with zero attached hydrogens (tertiary/aromatic N) is 2. The van der Waals surface area contributed by atoms with E-state index in [9.17, 15) is 0 Å². The van der Waals surface area contributed by atoms with Crippen molar-refractivity contribution in [2.45, 2.75) is 13.5 Å². The first-order valence-corrected chi connectivity index (χ1v) is 5.75. The van der Waals surface area contributed by atoms with Gasteiger partial charge in [-0.2, -0.15) is 4.98 Å². The van der Waals surface area contributed by atoms with Crippen LogP contribution in [0.25, 0.3) is 0 Å². The Hall–Kier alpha value is -1.49. The van der Waals surface area contributed by atoms with Crippen LogP contribution in [-0.4, -0.2) is 9.55 Å². The average Bonchev–Trinajstić information content (AvgIpc) is 2.62. The third-order valence-corrected chi connectivity index (χ3v) is 2.79. The lowest BCUT2D eigenvalue weighted by atomic mass is 10.3. The van der Waals surface area contributed by atoms with Crippen LogP contribution in [0.4, 0.5) is 5.82 Å². The second kappa shape index (κ2) is 4.57. The highest BCUT2D eigenvalue weighted by Crippen LogP contribution is 2.28. The van der Waals surface area contributed by atoms with Gasteiger partial charge in [0, 0.05) is 6.54 Å². The largest absolute Gasteiger partial charge is 0.424 e. The zero-order valence-corrected chi connectivity index (χ0v) is 10.4. The summed E-state index contributed by atoms with van der Waals surface area (Å²) >= 11 is 3.41. The van der Waals surface area contributed by atoms with Crippen LogP contribution < -0.4 is 10.5 Å². The number of hydrogen-bond acceptors (Lipinski definition) is 3. The van der Waals surface area contributed by atoms with Gasteiger partial charge in [-0.15, -0.1) is 0 Å². The Morgan fingerprint density at radius 2 is 2.19 bits per heavy atom. The summed E-state index contributed by atoms with van der Waals surface area (Å²) in [6.07, 6.45) is 1.76. The number of ether oxygens (including phenoxy) is 1. The van der Waals surface area contributed by atoms with Crippen molar-refractivity contribution in [3.05, 3.63) is 34.9 Å². The van der Waals surface area contributed by atoms with E-state index < -0.39 is 0 Å². The number of nitrogens with two attached hydrogens (primary N) is 1. The van der Waals surface area contributed by atoms with Crippen LogP contribution >= 0.6 is 15.9 Å². The van der Waals surface area contributed by atoms with Gasteiger partial charge in [-0.25, -0.2) is 0 Å². The Kier molecular flexibility index (Phi) is 3.14. The fourth-order valence-electron chi connectivity index (χ4n) is 1.35. The van der Waals surface area contributed by atoms with Crippen molar-refractivity contribution < 1.29 is 4.74 Å². The van der Waals surface area contributed by atoms with Gasteiger partial charge in [0.15, 0.2) is 0 Å². The number of aromatic nitrogens is 2. The summed E-state index contributed by atoms with van der Waals surface area (Å²) in [5.74, 6) is 1.19. The quantitative estimate of drug-likeness (QED) is 0.941. The van der Waals surface area contributed by atoms with Crippen molar-refractivity contribution in [1.82, 2.24) is 9.55 Å². The Bertz CT molecular complexity index is 496. The summed E-state index contributed by atoms with van der Waals surface area (Å²) in [5.41, 5.74) is 5.62. The number of hydrogen-bond donors (Lipinski definition) is 1. The molecule has 1 heterocycles. The number of nitrogen functional groups attached to an aromatic ring is 1. The summed E-state index contributed by atoms with van der Waals surface area (Å²) < 4.78 is 8.42. The molecule has 4 nitrogen and oxygen atoms in total. The number of halogens is 1. The second-order valence-corrected chi connectivity index (χ2v) is 4.12. The SMILES string of the molecule is CCn1cc(N)nc1Oc1ccccc1Br. The van der Waals surface area contributed by atoms with Gasteiger partial charge in [-0.3, -0.25) is 4.57 Å². The Morgan fingerprint density at radius 3 is 2.88 bits per heavy atom. The van der Waals surface area contributed by atoms with Crippen LogP contribution in [0.2, 0.25) is 0 Å². The zero-order chi connectivity index (χ0) is 11.5. The van der Waals surface area contributed by atoms with Gasteiger partial charge in [0.1, 0.15) is 11.6 Å². The van der Waals surface area contributed by atoms with Crippen molar-refractivity contribution in [2.75, 3.05) is 5.73 Å². The fourth-order valence-corrected chi connectivity index (χ4v) is 1.72. The molecule has 0 aliphatic rings. The van der Waals surface area contributed by atoms with E-state index in [4.69, 9.17) is 10.5 Å². The van der Waals surface area contributed by atoms with E-state index in [1.165, 1.54) is 0 Å². The van der Waals surface area contributed by atoms with Crippen LogP contribution in [0.5, 0.6) is 11.8 Å². The molecule has 2 N–H and O–H groups in total. The molecule has 0 bridgehead atoms. The molecule has 0 spiro atoms. The number of anilines is 1. The van der Waals surface area contributed by atoms with E-state index in [1.807, 2.05) is 35.8 Å². The number of aryl methyl sites for hydroxylation is 1. The molecule has 0 unspecified atom stereocenters. The first-order chi connectivity index (χ1) is 7.70. The minimum atomic E-state index is 0.462. The first-order valence-electron chi connectivity index (χ1n) is 4.95. The van der Waals surface area contributed by atoms with Crippen molar-refractivity contribution in [2.24, 2.45) is 0 Å². The zero-order valence-electron chi connectivity index (χ0n) is 8.85. The van der Waals surface area contributed by atoms with Gasteiger partial charge in [0.05, 0.1) is 10.7 Å². The third kappa shape index (κ3) is 2.19. The molecule has 0 amide bonds. The monoisotopic (exact) mass is 281 g/mol.